The Morgan fingerprint density at radius 1 is 0.885 bits per heavy atom. The molecule has 5 nitrogen and oxygen atoms in total. The van der Waals surface area contributed by atoms with E-state index in [0.717, 1.165) is 29.5 Å². The van der Waals surface area contributed by atoms with E-state index in [1.807, 2.05) is 65.7 Å². The van der Waals surface area contributed by atoms with Gasteiger partial charge in [-0.05, 0) is 30.3 Å². The van der Waals surface area contributed by atoms with Crippen LogP contribution in [0.1, 0.15) is 10.5 Å². The lowest BCUT2D eigenvalue weighted by Crippen LogP contribution is -2.49. The van der Waals surface area contributed by atoms with Gasteiger partial charge in [-0.1, -0.05) is 41.9 Å². The third-order valence-corrected chi connectivity index (χ3v) is 4.91. The molecular weight excluding hydrogens is 348 g/mol. The van der Waals surface area contributed by atoms with E-state index in [1.165, 1.54) is 0 Å². The number of hydrogen-bond acceptors (Lipinski definition) is 3. The van der Waals surface area contributed by atoms with Gasteiger partial charge in [0, 0.05) is 32.4 Å². The van der Waals surface area contributed by atoms with Crippen molar-refractivity contribution < 1.29 is 4.79 Å². The Kier molecular flexibility index (Phi) is 4.63. The lowest BCUT2D eigenvalue weighted by atomic mass is 10.2. The second-order valence-electron chi connectivity index (χ2n) is 6.21. The standard InChI is InChI=1S/C20H19ClN4O/c21-17-8-4-5-9-19(17)23-12-14-24(15-13-23)20(26)18-10-11-25(22-18)16-6-2-1-3-7-16/h1-11H,12-15H2. The third kappa shape index (κ3) is 3.30. The summed E-state index contributed by atoms with van der Waals surface area (Å²) in [5.41, 5.74) is 2.43. The Balaban J connectivity index is 1.43. The minimum Gasteiger partial charge on any atom is -0.367 e. The molecule has 0 bridgehead atoms. The van der Waals surface area contributed by atoms with Crippen LogP contribution in [0.2, 0.25) is 5.02 Å². The lowest BCUT2D eigenvalue weighted by molar-refractivity contribution is 0.0740. The maximum atomic E-state index is 12.8. The van der Waals surface area contributed by atoms with Crippen molar-refractivity contribution in [2.24, 2.45) is 0 Å². The summed E-state index contributed by atoms with van der Waals surface area (Å²) in [6.07, 6.45) is 1.82. The molecule has 1 aromatic heterocycles. The quantitative estimate of drug-likeness (QED) is 0.712. The van der Waals surface area contributed by atoms with Crippen molar-refractivity contribution in [2.45, 2.75) is 0 Å². The maximum Gasteiger partial charge on any atom is 0.274 e. The molecule has 26 heavy (non-hydrogen) atoms. The third-order valence-electron chi connectivity index (χ3n) is 4.59. The van der Waals surface area contributed by atoms with Crippen LogP contribution in [-0.2, 0) is 0 Å². The molecule has 0 saturated carbocycles. The molecule has 0 radical (unpaired) electrons. The van der Waals surface area contributed by atoms with Crippen LogP contribution < -0.4 is 4.90 Å². The number of benzene rings is 2. The summed E-state index contributed by atoms with van der Waals surface area (Å²) >= 11 is 6.28. The molecule has 0 unspecified atom stereocenters. The van der Waals surface area contributed by atoms with Crippen molar-refractivity contribution in [3.63, 3.8) is 0 Å². The van der Waals surface area contributed by atoms with Crippen LogP contribution in [-0.4, -0.2) is 46.8 Å². The van der Waals surface area contributed by atoms with Crippen LogP contribution in [0.15, 0.2) is 66.9 Å². The first-order valence-electron chi connectivity index (χ1n) is 8.62. The Bertz CT molecular complexity index is 901. The van der Waals surface area contributed by atoms with Crippen molar-refractivity contribution in [1.29, 1.82) is 0 Å². The zero-order chi connectivity index (χ0) is 17.9. The molecule has 1 saturated heterocycles. The summed E-state index contributed by atoms with van der Waals surface area (Å²) in [6.45, 7) is 2.83. The van der Waals surface area contributed by atoms with Crippen molar-refractivity contribution in [3.05, 3.63) is 77.6 Å². The molecule has 4 rings (SSSR count). The fourth-order valence-electron chi connectivity index (χ4n) is 3.18. The number of piperazine rings is 1. The number of carbonyl (C=O) groups is 1. The number of para-hydroxylation sites is 2. The van der Waals surface area contributed by atoms with E-state index >= 15 is 0 Å². The molecule has 0 atom stereocenters. The Morgan fingerprint density at radius 3 is 2.31 bits per heavy atom. The number of aromatic nitrogens is 2. The SMILES string of the molecule is O=C(c1ccn(-c2ccccc2)n1)N1CCN(c2ccccc2Cl)CC1. The van der Waals surface area contributed by atoms with E-state index in [4.69, 9.17) is 11.6 Å². The maximum absolute atomic E-state index is 12.8. The van der Waals surface area contributed by atoms with Gasteiger partial charge in [0.05, 0.1) is 16.4 Å². The number of hydrogen-bond donors (Lipinski definition) is 0. The largest absolute Gasteiger partial charge is 0.367 e. The van der Waals surface area contributed by atoms with Gasteiger partial charge in [0.2, 0.25) is 0 Å². The Labute approximate surface area is 157 Å². The number of nitrogens with zero attached hydrogens (tertiary/aromatic N) is 4. The molecule has 1 aliphatic heterocycles. The number of rotatable bonds is 3. The smallest absolute Gasteiger partial charge is 0.274 e. The molecule has 1 amide bonds. The summed E-state index contributed by atoms with van der Waals surface area (Å²) in [6, 6.07) is 19.4. The molecule has 6 heteroatoms. The highest BCUT2D eigenvalue weighted by atomic mass is 35.5. The van der Waals surface area contributed by atoms with Crippen LogP contribution in [0.5, 0.6) is 0 Å². The lowest BCUT2D eigenvalue weighted by Gasteiger charge is -2.36. The molecule has 2 heterocycles. The van der Waals surface area contributed by atoms with Gasteiger partial charge in [-0.2, -0.15) is 5.10 Å². The number of carbonyl (C=O) groups excluding carboxylic acids is 1. The van der Waals surface area contributed by atoms with Gasteiger partial charge >= 0.3 is 0 Å². The van der Waals surface area contributed by atoms with Gasteiger partial charge in [0.1, 0.15) is 0 Å². The van der Waals surface area contributed by atoms with Gasteiger partial charge in [0.25, 0.3) is 5.91 Å². The predicted octanol–water partition coefficient (Wildman–Crippen LogP) is 3.49. The molecule has 2 aromatic carbocycles. The summed E-state index contributed by atoms with van der Waals surface area (Å²) < 4.78 is 1.73. The highest BCUT2D eigenvalue weighted by molar-refractivity contribution is 6.33. The molecule has 1 aliphatic rings. The number of anilines is 1. The van der Waals surface area contributed by atoms with Crippen molar-refractivity contribution in [2.75, 3.05) is 31.1 Å². The highest BCUT2D eigenvalue weighted by Crippen LogP contribution is 2.26. The van der Waals surface area contributed by atoms with Crippen LogP contribution in [0.3, 0.4) is 0 Å². The second kappa shape index (κ2) is 7.22. The van der Waals surface area contributed by atoms with Gasteiger partial charge in [-0.25, -0.2) is 4.68 Å². The second-order valence-corrected chi connectivity index (χ2v) is 6.62. The molecule has 0 spiro atoms. The number of halogens is 1. The fourth-order valence-corrected chi connectivity index (χ4v) is 3.44. The predicted molar refractivity (Wildman–Crippen MR) is 103 cm³/mol. The van der Waals surface area contributed by atoms with Crippen LogP contribution >= 0.6 is 11.6 Å². The normalized spacial score (nSPS) is 14.5. The van der Waals surface area contributed by atoms with Crippen LogP contribution in [0.25, 0.3) is 5.69 Å². The van der Waals surface area contributed by atoms with Gasteiger partial charge in [0.15, 0.2) is 5.69 Å². The molecular formula is C20H19ClN4O. The van der Waals surface area contributed by atoms with Crippen LogP contribution in [0, 0.1) is 0 Å². The van der Waals surface area contributed by atoms with E-state index in [9.17, 15) is 4.79 Å². The average Bonchev–Trinajstić information content (AvgIpc) is 3.19. The van der Waals surface area contributed by atoms with Gasteiger partial charge in [-0.3, -0.25) is 4.79 Å². The molecule has 0 aliphatic carbocycles. The summed E-state index contributed by atoms with van der Waals surface area (Å²) in [7, 11) is 0. The van der Waals surface area contributed by atoms with E-state index in [0.29, 0.717) is 18.8 Å². The minimum absolute atomic E-state index is 0.0292. The fraction of sp³-hybridized carbons (Fsp3) is 0.200. The summed E-state index contributed by atoms with van der Waals surface area (Å²) in [4.78, 5) is 16.8. The van der Waals surface area contributed by atoms with Crippen molar-refractivity contribution >= 4 is 23.2 Å². The van der Waals surface area contributed by atoms with Crippen molar-refractivity contribution in [1.82, 2.24) is 14.7 Å². The highest BCUT2D eigenvalue weighted by Gasteiger charge is 2.24. The first kappa shape index (κ1) is 16.7. The van der Waals surface area contributed by atoms with Crippen LogP contribution in [0.4, 0.5) is 5.69 Å². The Morgan fingerprint density at radius 2 is 1.58 bits per heavy atom. The van der Waals surface area contributed by atoms with Gasteiger partial charge < -0.3 is 9.80 Å². The summed E-state index contributed by atoms with van der Waals surface area (Å²) in [5, 5.41) is 5.18. The van der Waals surface area contributed by atoms with E-state index in [1.54, 1.807) is 10.7 Å². The topological polar surface area (TPSA) is 41.4 Å². The van der Waals surface area contributed by atoms with E-state index in [-0.39, 0.29) is 5.91 Å². The minimum atomic E-state index is -0.0292. The molecule has 0 N–H and O–H groups in total. The number of amides is 1. The molecule has 3 aromatic rings. The van der Waals surface area contributed by atoms with Gasteiger partial charge in [-0.15, -0.1) is 0 Å². The van der Waals surface area contributed by atoms with E-state index < -0.39 is 0 Å². The van der Waals surface area contributed by atoms with E-state index in [2.05, 4.69) is 10.00 Å². The first-order valence-corrected chi connectivity index (χ1v) is 9.00. The van der Waals surface area contributed by atoms with Crippen molar-refractivity contribution in [3.8, 4) is 5.69 Å². The summed E-state index contributed by atoms with van der Waals surface area (Å²) in [5.74, 6) is -0.0292. The zero-order valence-electron chi connectivity index (χ0n) is 14.3. The average molecular weight is 367 g/mol. The monoisotopic (exact) mass is 366 g/mol. The molecule has 1 fully saturated rings. The Hall–Kier alpha value is -2.79. The zero-order valence-corrected chi connectivity index (χ0v) is 15.0. The first-order chi connectivity index (χ1) is 12.7. The molecule has 132 valence electrons.